The lowest BCUT2D eigenvalue weighted by Crippen LogP contribution is -2.54. The molecule has 2 aromatic rings. The average Bonchev–Trinajstić information content (AvgIpc) is 2.92. The van der Waals surface area contributed by atoms with Crippen LogP contribution in [0.4, 0.5) is 11.4 Å². The van der Waals surface area contributed by atoms with Crippen molar-refractivity contribution >= 4 is 23.2 Å². The van der Waals surface area contributed by atoms with Gasteiger partial charge in [-0.3, -0.25) is 19.7 Å². The van der Waals surface area contributed by atoms with E-state index in [9.17, 15) is 19.7 Å². The summed E-state index contributed by atoms with van der Waals surface area (Å²) in [6, 6.07) is 7.12. The molecule has 9 nitrogen and oxygen atoms in total. The fraction of sp³-hybridized carbons (Fsp3) is 0.267. The van der Waals surface area contributed by atoms with Gasteiger partial charge in [0.25, 0.3) is 11.6 Å². The van der Waals surface area contributed by atoms with E-state index in [2.05, 4.69) is 10.5 Å². The number of nitrogens with one attached hydrogen (secondary N) is 1. The Morgan fingerprint density at radius 2 is 2.00 bits per heavy atom. The SMILES string of the molecule is Cc1cc(C(=O)N2CC(C(=O)Nc3ccc([N+](=O)[O-])cc3)C2)no1. The van der Waals surface area contributed by atoms with Gasteiger partial charge in [0.05, 0.1) is 10.8 Å². The van der Waals surface area contributed by atoms with E-state index < -0.39 is 4.92 Å². The van der Waals surface area contributed by atoms with Crippen LogP contribution in [0.2, 0.25) is 0 Å². The molecule has 0 aliphatic carbocycles. The first-order valence-corrected chi connectivity index (χ1v) is 7.22. The van der Waals surface area contributed by atoms with Crippen LogP contribution in [0, 0.1) is 23.0 Å². The van der Waals surface area contributed by atoms with Crippen LogP contribution >= 0.6 is 0 Å². The van der Waals surface area contributed by atoms with E-state index in [1.165, 1.54) is 29.2 Å². The number of aromatic nitrogens is 1. The van der Waals surface area contributed by atoms with Gasteiger partial charge in [-0.05, 0) is 19.1 Å². The number of likely N-dealkylation sites (tertiary alicyclic amines) is 1. The monoisotopic (exact) mass is 330 g/mol. The van der Waals surface area contributed by atoms with E-state index in [1.54, 1.807) is 13.0 Å². The number of rotatable bonds is 4. The van der Waals surface area contributed by atoms with Gasteiger partial charge in [-0.1, -0.05) is 5.16 Å². The van der Waals surface area contributed by atoms with Gasteiger partial charge in [-0.15, -0.1) is 0 Å². The molecule has 0 atom stereocenters. The van der Waals surface area contributed by atoms with E-state index >= 15 is 0 Å². The molecular weight excluding hydrogens is 316 g/mol. The number of nitrogens with zero attached hydrogens (tertiary/aromatic N) is 3. The van der Waals surface area contributed by atoms with Crippen LogP contribution in [0.15, 0.2) is 34.9 Å². The third-order valence-corrected chi connectivity index (χ3v) is 3.73. The highest BCUT2D eigenvalue weighted by Crippen LogP contribution is 2.21. The van der Waals surface area contributed by atoms with Crippen molar-refractivity contribution < 1.29 is 19.0 Å². The molecule has 0 bridgehead atoms. The van der Waals surface area contributed by atoms with Crippen LogP contribution in [0.3, 0.4) is 0 Å². The second kappa shape index (κ2) is 6.11. The average molecular weight is 330 g/mol. The summed E-state index contributed by atoms with van der Waals surface area (Å²) in [6.07, 6.45) is 0. The first kappa shape index (κ1) is 15.7. The zero-order valence-corrected chi connectivity index (χ0v) is 12.8. The summed E-state index contributed by atoms with van der Waals surface area (Å²) in [4.78, 5) is 35.8. The Bertz CT molecular complexity index is 792. The molecule has 1 aliphatic heterocycles. The highest BCUT2D eigenvalue weighted by Gasteiger charge is 2.37. The van der Waals surface area contributed by atoms with E-state index in [-0.39, 0.29) is 29.1 Å². The molecule has 1 aromatic heterocycles. The second-order valence-electron chi connectivity index (χ2n) is 5.52. The Morgan fingerprint density at radius 3 is 2.54 bits per heavy atom. The molecular formula is C15H14N4O5. The lowest BCUT2D eigenvalue weighted by molar-refractivity contribution is -0.384. The molecule has 2 amide bonds. The van der Waals surface area contributed by atoms with E-state index in [1.807, 2.05) is 0 Å². The van der Waals surface area contributed by atoms with Gasteiger partial charge in [-0.25, -0.2) is 0 Å². The van der Waals surface area contributed by atoms with E-state index in [0.29, 0.717) is 24.5 Å². The predicted molar refractivity (Wildman–Crippen MR) is 82.4 cm³/mol. The van der Waals surface area contributed by atoms with Gasteiger partial charge in [0.15, 0.2) is 5.69 Å². The third-order valence-electron chi connectivity index (χ3n) is 3.73. The third kappa shape index (κ3) is 3.09. The Balaban J connectivity index is 1.53. The molecule has 9 heteroatoms. The fourth-order valence-corrected chi connectivity index (χ4v) is 2.35. The number of aryl methyl sites for hydroxylation is 1. The van der Waals surface area contributed by atoms with Crippen molar-refractivity contribution in [2.24, 2.45) is 5.92 Å². The molecule has 124 valence electrons. The predicted octanol–water partition coefficient (Wildman–Crippen LogP) is 1.60. The zero-order chi connectivity index (χ0) is 17.3. The van der Waals surface area contributed by atoms with Crippen molar-refractivity contribution in [3.8, 4) is 0 Å². The number of amides is 2. The highest BCUT2D eigenvalue weighted by atomic mass is 16.6. The van der Waals surface area contributed by atoms with Crippen LogP contribution in [0.25, 0.3) is 0 Å². The summed E-state index contributed by atoms with van der Waals surface area (Å²) >= 11 is 0. The minimum atomic E-state index is -0.507. The van der Waals surface area contributed by atoms with Crippen molar-refractivity contribution in [3.05, 3.63) is 51.9 Å². The van der Waals surface area contributed by atoms with Gasteiger partial charge >= 0.3 is 0 Å². The zero-order valence-electron chi connectivity index (χ0n) is 12.8. The van der Waals surface area contributed by atoms with Crippen LogP contribution in [0.5, 0.6) is 0 Å². The minimum Gasteiger partial charge on any atom is -0.361 e. The molecule has 1 aromatic carbocycles. The number of non-ortho nitro benzene ring substituents is 1. The van der Waals surface area contributed by atoms with Crippen LogP contribution in [0.1, 0.15) is 16.2 Å². The number of benzene rings is 1. The van der Waals surface area contributed by atoms with Crippen molar-refractivity contribution in [3.63, 3.8) is 0 Å². The number of hydrogen-bond acceptors (Lipinski definition) is 6. The van der Waals surface area contributed by atoms with E-state index in [0.717, 1.165) is 0 Å². The normalized spacial score (nSPS) is 14.1. The first-order chi connectivity index (χ1) is 11.4. The molecule has 1 fully saturated rings. The summed E-state index contributed by atoms with van der Waals surface area (Å²) in [7, 11) is 0. The van der Waals surface area contributed by atoms with Gasteiger partial charge in [0, 0.05) is 37.0 Å². The minimum absolute atomic E-state index is 0.0451. The number of nitro groups is 1. The maximum Gasteiger partial charge on any atom is 0.276 e. The van der Waals surface area contributed by atoms with Crippen molar-refractivity contribution in [1.82, 2.24) is 10.1 Å². The molecule has 1 N–H and O–H groups in total. The Morgan fingerprint density at radius 1 is 1.33 bits per heavy atom. The van der Waals surface area contributed by atoms with Crippen LogP contribution in [-0.2, 0) is 4.79 Å². The lowest BCUT2D eigenvalue weighted by atomic mass is 9.98. The van der Waals surface area contributed by atoms with Gasteiger partial charge in [0.2, 0.25) is 5.91 Å². The molecule has 0 saturated carbocycles. The maximum atomic E-state index is 12.1. The lowest BCUT2D eigenvalue weighted by Gasteiger charge is -2.37. The summed E-state index contributed by atoms with van der Waals surface area (Å²) in [5.41, 5.74) is 0.653. The molecule has 0 spiro atoms. The largest absolute Gasteiger partial charge is 0.361 e. The van der Waals surface area contributed by atoms with Gasteiger partial charge < -0.3 is 14.7 Å². The van der Waals surface area contributed by atoms with Crippen molar-refractivity contribution in [2.75, 3.05) is 18.4 Å². The molecule has 24 heavy (non-hydrogen) atoms. The number of anilines is 1. The molecule has 1 saturated heterocycles. The number of nitro benzene ring substituents is 1. The summed E-state index contributed by atoms with van der Waals surface area (Å²) in [5, 5.41) is 16.9. The van der Waals surface area contributed by atoms with E-state index in [4.69, 9.17) is 4.52 Å². The molecule has 0 radical (unpaired) electrons. The number of carbonyl (C=O) groups excluding carboxylic acids is 2. The first-order valence-electron chi connectivity index (χ1n) is 7.22. The fourth-order valence-electron chi connectivity index (χ4n) is 2.35. The van der Waals surface area contributed by atoms with Crippen molar-refractivity contribution in [2.45, 2.75) is 6.92 Å². The smallest absolute Gasteiger partial charge is 0.276 e. The maximum absolute atomic E-state index is 12.1. The Hall–Kier alpha value is -3.23. The topological polar surface area (TPSA) is 119 Å². The van der Waals surface area contributed by atoms with Gasteiger partial charge in [-0.2, -0.15) is 0 Å². The summed E-state index contributed by atoms with van der Waals surface area (Å²) < 4.78 is 4.86. The van der Waals surface area contributed by atoms with Crippen LogP contribution < -0.4 is 5.32 Å². The Kier molecular flexibility index (Phi) is 3.98. The van der Waals surface area contributed by atoms with Crippen LogP contribution in [-0.4, -0.2) is 39.9 Å². The number of hydrogen-bond donors (Lipinski definition) is 1. The van der Waals surface area contributed by atoms with Crippen molar-refractivity contribution in [1.29, 1.82) is 0 Å². The standard InChI is InChI=1S/C15H14N4O5/c1-9-6-13(17-24-9)15(21)18-7-10(8-18)14(20)16-11-2-4-12(5-3-11)19(22)23/h2-6,10H,7-8H2,1H3,(H,16,20). The molecule has 2 heterocycles. The molecule has 0 unspecified atom stereocenters. The quantitative estimate of drug-likeness (QED) is 0.672. The molecule has 1 aliphatic rings. The Labute approximate surface area is 136 Å². The molecule has 3 rings (SSSR count). The summed E-state index contributed by atoms with van der Waals surface area (Å²) in [6.45, 7) is 2.29. The van der Waals surface area contributed by atoms with Gasteiger partial charge in [0.1, 0.15) is 5.76 Å². The highest BCUT2D eigenvalue weighted by molar-refractivity contribution is 5.97. The number of carbonyl (C=O) groups is 2. The summed E-state index contributed by atoms with van der Waals surface area (Å²) in [5.74, 6) is -0.279. The second-order valence-corrected chi connectivity index (χ2v) is 5.52.